The Kier molecular flexibility index (Phi) is 5.81. The number of pyridine rings is 3. The Balaban J connectivity index is 1.55. The zero-order chi connectivity index (χ0) is 22.9. The number of carbonyl (C=O) groups is 1. The smallest absolute Gasteiger partial charge is 0.253 e. The monoisotopic (exact) mass is 468 g/mol. The van der Waals surface area contributed by atoms with Crippen molar-refractivity contribution >= 4 is 38.2 Å². The van der Waals surface area contributed by atoms with Gasteiger partial charge in [0.1, 0.15) is 0 Å². The van der Waals surface area contributed by atoms with Crippen molar-refractivity contribution in [2.45, 2.75) is 18.4 Å². The fourth-order valence-electron chi connectivity index (χ4n) is 3.06. The average molecular weight is 469 g/mol. The molecule has 0 fully saturated rings. The Morgan fingerprint density at radius 2 is 1.81 bits per heavy atom. The molecule has 0 bridgehead atoms. The van der Waals surface area contributed by atoms with Crippen LogP contribution < -0.4 is 5.32 Å². The molecule has 4 aromatic heterocycles. The van der Waals surface area contributed by atoms with Gasteiger partial charge in [-0.05, 0) is 48.9 Å². The lowest BCUT2D eigenvalue weighted by Gasteiger charge is -2.08. The molecule has 0 unspecified atom stereocenters. The SMILES string of the molecule is Cc1ncc(C(=O)NCc2cc3nc(-c4ccnc(Cl)n4)ccc3cn2)cc1S(C)(=O)=O. The number of sulfone groups is 1. The predicted molar refractivity (Wildman–Crippen MR) is 119 cm³/mol. The highest BCUT2D eigenvalue weighted by molar-refractivity contribution is 7.90. The number of aryl methyl sites for hydroxylation is 1. The third-order valence-electron chi connectivity index (χ3n) is 4.65. The Morgan fingerprint density at radius 3 is 2.56 bits per heavy atom. The lowest BCUT2D eigenvalue weighted by atomic mass is 10.2. The third kappa shape index (κ3) is 4.71. The fraction of sp³-hybridized carbons (Fsp3) is 0.143. The molecule has 0 saturated carbocycles. The van der Waals surface area contributed by atoms with Crippen LogP contribution in [0.1, 0.15) is 21.7 Å². The lowest BCUT2D eigenvalue weighted by molar-refractivity contribution is 0.0950. The summed E-state index contributed by atoms with van der Waals surface area (Å²) < 4.78 is 23.8. The van der Waals surface area contributed by atoms with E-state index in [1.54, 1.807) is 31.5 Å². The fourth-order valence-corrected chi connectivity index (χ4v) is 4.14. The van der Waals surface area contributed by atoms with Crippen molar-refractivity contribution in [1.29, 1.82) is 0 Å². The molecule has 0 spiro atoms. The molecule has 32 heavy (non-hydrogen) atoms. The highest BCUT2D eigenvalue weighted by Crippen LogP contribution is 2.20. The number of aromatic nitrogens is 5. The van der Waals surface area contributed by atoms with E-state index in [2.05, 4.69) is 30.2 Å². The second-order valence-corrected chi connectivity index (χ2v) is 9.36. The minimum absolute atomic E-state index is 0.0236. The number of hydrogen-bond acceptors (Lipinski definition) is 8. The molecule has 0 atom stereocenters. The lowest BCUT2D eigenvalue weighted by Crippen LogP contribution is -2.24. The van der Waals surface area contributed by atoms with Crippen LogP contribution in [-0.2, 0) is 16.4 Å². The Hall–Kier alpha value is -3.50. The van der Waals surface area contributed by atoms with Crippen LogP contribution in [0.25, 0.3) is 22.3 Å². The van der Waals surface area contributed by atoms with E-state index in [1.807, 2.05) is 12.1 Å². The van der Waals surface area contributed by atoms with Crippen LogP contribution in [0, 0.1) is 6.92 Å². The molecule has 0 radical (unpaired) electrons. The van der Waals surface area contributed by atoms with E-state index >= 15 is 0 Å². The van der Waals surface area contributed by atoms with Gasteiger partial charge < -0.3 is 5.32 Å². The number of halogens is 1. The quantitative estimate of drug-likeness (QED) is 0.443. The van der Waals surface area contributed by atoms with Crippen LogP contribution in [-0.4, -0.2) is 45.5 Å². The van der Waals surface area contributed by atoms with Crippen molar-refractivity contribution in [3.05, 3.63) is 71.2 Å². The predicted octanol–water partition coefficient (Wildman–Crippen LogP) is 2.78. The maximum absolute atomic E-state index is 12.5. The molecule has 162 valence electrons. The van der Waals surface area contributed by atoms with Gasteiger partial charge in [-0.3, -0.25) is 14.8 Å². The topological polar surface area (TPSA) is 128 Å². The summed E-state index contributed by atoms with van der Waals surface area (Å²) >= 11 is 5.86. The van der Waals surface area contributed by atoms with Crippen molar-refractivity contribution < 1.29 is 13.2 Å². The summed E-state index contributed by atoms with van der Waals surface area (Å²) in [5, 5.41) is 3.68. The standard InChI is InChI=1S/C21H17ClN6O3S/c1-12-19(32(2,30)31)7-14(10-24-12)20(29)26-11-15-8-18-13(9-25-15)3-4-16(27-18)17-5-6-23-21(22)28-17/h3-10H,11H2,1-2H3,(H,26,29). The number of hydrogen-bond donors (Lipinski definition) is 1. The summed E-state index contributed by atoms with van der Waals surface area (Å²) in [5.74, 6) is -0.457. The van der Waals surface area contributed by atoms with Crippen LogP contribution in [0.5, 0.6) is 0 Å². The van der Waals surface area contributed by atoms with E-state index in [1.165, 1.54) is 12.3 Å². The zero-order valence-electron chi connectivity index (χ0n) is 17.1. The van der Waals surface area contributed by atoms with E-state index in [4.69, 9.17) is 11.6 Å². The van der Waals surface area contributed by atoms with Crippen molar-refractivity contribution in [2.24, 2.45) is 0 Å². The summed E-state index contributed by atoms with van der Waals surface area (Å²) in [5.41, 5.74) is 2.96. The van der Waals surface area contributed by atoms with Gasteiger partial charge in [-0.15, -0.1) is 0 Å². The molecule has 4 rings (SSSR count). The minimum Gasteiger partial charge on any atom is -0.346 e. The van der Waals surface area contributed by atoms with E-state index in [9.17, 15) is 13.2 Å². The van der Waals surface area contributed by atoms with Gasteiger partial charge in [-0.1, -0.05) is 0 Å². The number of fused-ring (bicyclic) bond motifs is 1. The van der Waals surface area contributed by atoms with Crippen molar-refractivity contribution in [3.8, 4) is 11.4 Å². The molecule has 0 aromatic carbocycles. The largest absolute Gasteiger partial charge is 0.346 e. The second-order valence-electron chi connectivity index (χ2n) is 7.04. The highest BCUT2D eigenvalue weighted by Gasteiger charge is 2.16. The average Bonchev–Trinajstić information content (AvgIpc) is 2.76. The minimum atomic E-state index is -3.49. The molecule has 11 heteroatoms. The van der Waals surface area contributed by atoms with Gasteiger partial charge in [0.15, 0.2) is 9.84 Å². The molecule has 1 amide bonds. The first-order chi connectivity index (χ1) is 15.2. The number of nitrogens with zero attached hydrogens (tertiary/aromatic N) is 5. The molecule has 9 nitrogen and oxygen atoms in total. The van der Waals surface area contributed by atoms with Gasteiger partial charge in [0.2, 0.25) is 5.28 Å². The summed E-state index contributed by atoms with van der Waals surface area (Å²) in [6.45, 7) is 1.70. The Labute approximate surface area is 188 Å². The van der Waals surface area contributed by atoms with Crippen LogP contribution in [0.4, 0.5) is 0 Å². The normalized spacial score (nSPS) is 11.5. The van der Waals surface area contributed by atoms with Gasteiger partial charge in [-0.2, -0.15) is 0 Å². The molecule has 0 aliphatic heterocycles. The summed E-state index contributed by atoms with van der Waals surface area (Å²) in [7, 11) is -3.49. The van der Waals surface area contributed by atoms with E-state index < -0.39 is 15.7 Å². The molecule has 1 N–H and O–H groups in total. The number of amides is 1. The Bertz CT molecular complexity index is 1460. The molecule has 4 aromatic rings. The first-order valence-corrected chi connectivity index (χ1v) is 11.7. The van der Waals surface area contributed by atoms with Crippen molar-refractivity contribution in [3.63, 3.8) is 0 Å². The first-order valence-electron chi connectivity index (χ1n) is 9.40. The van der Waals surface area contributed by atoms with Gasteiger partial charge in [0.05, 0.1) is 45.3 Å². The van der Waals surface area contributed by atoms with Crippen LogP contribution in [0.2, 0.25) is 5.28 Å². The van der Waals surface area contributed by atoms with Crippen molar-refractivity contribution in [1.82, 2.24) is 30.2 Å². The molecule has 0 saturated heterocycles. The second kappa shape index (κ2) is 8.56. The number of carbonyl (C=O) groups excluding carboxylic acids is 1. The van der Waals surface area contributed by atoms with E-state index in [0.29, 0.717) is 28.3 Å². The van der Waals surface area contributed by atoms with Crippen LogP contribution in [0.15, 0.2) is 53.8 Å². The maximum atomic E-state index is 12.5. The zero-order valence-corrected chi connectivity index (χ0v) is 18.6. The third-order valence-corrected chi connectivity index (χ3v) is 6.05. The first kappa shape index (κ1) is 21.7. The summed E-state index contributed by atoms with van der Waals surface area (Å²) in [6.07, 6.45) is 5.64. The van der Waals surface area contributed by atoms with Gasteiger partial charge in [0.25, 0.3) is 5.91 Å². The Morgan fingerprint density at radius 1 is 1.03 bits per heavy atom. The molecular formula is C21H17ClN6O3S. The molecular weight excluding hydrogens is 452 g/mol. The van der Waals surface area contributed by atoms with Crippen LogP contribution in [0.3, 0.4) is 0 Å². The number of nitrogens with one attached hydrogen (secondary N) is 1. The molecule has 0 aliphatic rings. The summed E-state index contributed by atoms with van der Waals surface area (Å²) in [4.78, 5) is 33.6. The van der Waals surface area contributed by atoms with Gasteiger partial charge in [-0.25, -0.2) is 23.4 Å². The molecule has 0 aliphatic carbocycles. The maximum Gasteiger partial charge on any atom is 0.253 e. The highest BCUT2D eigenvalue weighted by atomic mass is 35.5. The van der Waals surface area contributed by atoms with E-state index in [-0.39, 0.29) is 22.3 Å². The van der Waals surface area contributed by atoms with Gasteiger partial charge >= 0.3 is 0 Å². The van der Waals surface area contributed by atoms with Gasteiger partial charge in [0, 0.05) is 30.2 Å². The molecule has 4 heterocycles. The van der Waals surface area contributed by atoms with Crippen molar-refractivity contribution in [2.75, 3.05) is 6.26 Å². The number of rotatable bonds is 5. The van der Waals surface area contributed by atoms with Crippen LogP contribution >= 0.6 is 11.6 Å². The van der Waals surface area contributed by atoms with E-state index in [0.717, 1.165) is 11.6 Å². The summed E-state index contributed by atoms with van der Waals surface area (Å²) in [6, 6.07) is 8.48.